The zero-order chi connectivity index (χ0) is 12.3. The SMILES string of the molecule is COc1cc(C)c(NCC2CCNC2)cc1C. The summed E-state index contributed by atoms with van der Waals surface area (Å²) in [6.45, 7) is 7.56. The number of anilines is 1. The molecule has 1 fully saturated rings. The van der Waals surface area contributed by atoms with E-state index in [2.05, 4.69) is 36.6 Å². The van der Waals surface area contributed by atoms with Crippen molar-refractivity contribution in [3.05, 3.63) is 23.3 Å². The molecule has 94 valence electrons. The summed E-state index contributed by atoms with van der Waals surface area (Å²) in [4.78, 5) is 0. The minimum atomic E-state index is 0.761. The molecule has 0 bridgehead atoms. The largest absolute Gasteiger partial charge is 0.496 e. The fourth-order valence-corrected chi connectivity index (χ4v) is 2.34. The monoisotopic (exact) mass is 234 g/mol. The summed E-state index contributed by atoms with van der Waals surface area (Å²) in [5.74, 6) is 1.73. The van der Waals surface area contributed by atoms with Crippen LogP contribution in [0.3, 0.4) is 0 Å². The van der Waals surface area contributed by atoms with Crippen LogP contribution in [0.1, 0.15) is 17.5 Å². The lowest BCUT2D eigenvalue weighted by atomic mass is 10.1. The van der Waals surface area contributed by atoms with Crippen LogP contribution >= 0.6 is 0 Å². The summed E-state index contributed by atoms with van der Waals surface area (Å²) in [7, 11) is 1.72. The molecule has 1 aliphatic heterocycles. The lowest BCUT2D eigenvalue weighted by molar-refractivity contribution is 0.411. The van der Waals surface area contributed by atoms with Crippen LogP contribution < -0.4 is 15.4 Å². The third-order valence-corrected chi connectivity index (χ3v) is 3.49. The quantitative estimate of drug-likeness (QED) is 0.839. The molecule has 1 atom stereocenters. The maximum atomic E-state index is 5.32. The molecule has 3 nitrogen and oxygen atoms in total. The highest BCUT2D eigenvalue weighted by Gasteiger charge is 2.14. The van der Waals surface area contributed by atoms with Crippen LogP contribution in [-0.2, 0) is 0 Å². The summed E-state index contributed by atoms with van der Waals surface area (Å²) in [6.07, 6.45) is 1.28. The van der Waals surface area contributed by atoms with Crippen molar-refractivity contribution >= 4 is 5.69 Å². The second-order valence-corrected chi connectivity index (χ2v) is 4.88. The van der Waals surface area contributed by atoms with Gasteiger partial charge >= 0.3 is 0 Å². The maximum Gasteiger partial charge on any atom is 0.122 e. The van der Waals surface area contributed by atoms with Crippen LogP contribution in [0.5, 0.6) is 5.75 Å². The Labute approximate surface area is 104 Å². The highest BCUT2D eigenvalue weighted by atomic mass is 16.5. The van der Waals surface area contributed by atoms with E-state index >= 15 is 0 Å². The smallest absolute Gasteiger partial charge is 0.122 e. The Balaban J connectivity index is 2.02. The van der Waals surface area contributed by atoms with Crippen molar-refractivity contribution in [2.75, 3.05) is 32.1 Å². The molecule has 1 aromatic carbocycles. The van der Waals surface area contributed by atoms with Crippen LogP contribution in [0.4, 0.5) is 5.69 Å². The number of nitrogens with one attached hydrogen (secondary N) is 2. The summed E-state index contributed by atoms with van der Waals surface area (Å²) in [5.41, 5.74) is 3.67. The number of rotatable bonds is 4. The first-order valence-electron chi connectivity index (χ1n) is 6.30. The Bertz CT molecular complexity index is 384. The topological polar surface area (TPSA) is 33.3 Å². The molecule has 0 saturated carbocycles. The van der Waals surface area contributed by atoms with Gasteiger partial charge in [-0.25, -0.2) is 0 Å². The van der Waals surface area contributed by atoms with Gasteiger partial charge in [-0.05, 0) is 62.5 Å². The minimum Gasteiger partial charge on any atom is -0.496 e. The van der Waals surface area contributed by atoms with Crippen molar-refractivity contribution in [2.24, 2.45) is 5.92 Å². The third-order valence-electron chi connectivity index (χ3n) is 3.49. The Morgan fingerprint density at radius 1 is 1.35 bits per heavy atom. The van der Waals surface area contributed by atoms with E-state index in [9.17, 15) is 0 Å². The molecule has 0 aliphatic carbocycles. The highest BCUT2D eigenvalue weighted by molar-refractivity contribution is 5.57. The Kier molecular flexibility index (Phi) is 3.89. The number of ether oxygens (including phenoxy) is 1. The van der Waals surface area contributed by atoms with Gasteiger partial charge in [-0.15, -0.1) is 0 Å². The molecule has 1 saturated heterocycles. The highest BCUT2D eigenvalue weighted by Crippen LogP contribution is 2.26. The van der Waals surface area contributed by atoms with Crippen molar-refractivity contribution in [3.8, 4) is 5.75 Å². The van der Waals surface area contributed by atoms with Crippen LogP contribution in [-0.4, -0.2) is 26.7 Å². The second kappa shape index (κ2) is 5.41. The zero-order valence-corrected chi connectivity index (χ0v) is 11.0. The minimum absolute atomic E-state index is 0.761. The van der Waals surface area contributed by atoms with Gasteiger partial charge in [-0.3, -0.25) is 0 Å². The van der Waals surface area contributed by atoms with E-state index in [0.717, 1.165) is 31.3 Å². The molecule has 0 amide bonds. The molecular weight excluding hydrogens is 212 g/mol. The van der Waals surface area contributed by atoms with Crippen LogP contribution in [0.25, 0.3) is 0 Å². The second-order valence-electron chi connectivity index (χ2n) is 4.88. The first kappa shape index (κ1) is 12.2. The number of hydrogen-bond acceptors (Lipinski definition) is 3. The van der Waals surface area contributed by atoms with Gasteiger partial charge in [0.25, 0.3) is 0 Å². The van der Waals surface area contributed by atoms with Gasteiger partial charge in [0, 0.05) is 12.2 Å². The van der Waals surface area contributed by atoms with E-state index in [1.807, 2.05) is 0 Å². The number of hydrogen-bond donors (Lipinski definition) is 2. The van der Waals surface area contributed by atoms with Gasteiger partial charge in [0.2, 0.25) is 0 Å². The summed E-state index contributed by atoms with van der Waals surface area (Å²) >= 11 is 0. The molecular formula is C14H22N2O. The Morgan fingerprint density at radius 3 is 2.82 bits per heavy atom. The lowest BCUT2D eigenvalue weighted by Gasteiger charge is -2.15. The van der Waals surface area contributed by atoms with Crippen LogP contribution in [0.15, 0.2) is 12.1 Å². The molecule has 3 heteroatoms. The van der Waals surface area contributed by atoms with Gasteiger partial charge in [-0.1, -0.05) is 0 Å². The molecule has 2 N–H and O–H groups in total. The fraction of sp³-hybridized carbons (Fsp3) is 0.571. The van der Waals surface area contributed by atoms with Crippen molar-refractivity contribution in [3.63, 3.8) is 0 Å². The predicted octanol–water partition coefficient (Wildman–Crippen LogP) is 2.33. The van der Waals surface area contributed by atoms with Crippen LogP contribution in [0, 0.1) is 19.8 Å². The Hall–Kier alpha value is -1.22. The zero-order valence-electron chi connectivity index (χ0n) is 11.0. The average Bonchev–Trinajstić information content (AvgIpc) is 2.82. The van der Waals surface area contributed by atoms with E-state index in [1.165, 1.54) is 23.2 Å². The van der Waals surface area contributed by atoms with Gasteiger partial charge in [0.05, 0.1) is 7.11 Å². The number of methoxy groups -OCH3 is 1. The number of aryl methyl sites for hydroxylation is 2. The summed E-state index contributed by atoms with van der Waals surface area (Å²) < 4.78 is 5.32. The van der Waals surface area contributed by atoms with Crippen LogP contribution in [0.2, 0.25) is 0 Å². The van der Waals surface area contributed by atoms with Gasteiger partial charge in [0.15, 0.2) is 0 Å². The summed E-state index contributed by atoms with van der Waals surface area (Å²) in [5, 5.41) is 6.94. The summed E-state index contributed by atoms with van der Waals surface area (Å²) in [6, 6.07) is 4.28. The first-order valence-corrected chi connectivity index (χ1v) is 6.30. The van der Waals surface area contributed by atoms with Crippen molar-refractivity contribution < 1.29 is 4.74 Å². The average molecular weight is 234 g/mol. The molecule has 1 unspecified atom stereocenters. The third kappa shape index (κ3) is 2.91. The fourth-order valence-electron chi connectivity index (χ4n) is 2.34. The standard InChI is InChI=1S/C14H22N2O/c1-10-7-14(17-3)11(2)6-13(10)16-9-12-4-5-15-8-12/h6-7,12,15-16H,4-5,8-9H2,1-3H3. The van der Waals surface area contributed by atoms with E-state index < -0.39 is 0 Å². The molecule has 1 aromatic rings. The number of benzene rings is 1. The van der Waals surface area contributed by atoms with Crippen molar-refractivity contribution in [1.82, 2.24) is 5.32 Å². The molecule has 0 aromatic heterocycles. The van der Waals surface area contributed by atoms with E-state index in [0.29, 0.717) is 0 Å². The van der Waals surface area contributed by atoms with Gasteiger partial charge < -0.3 is 15.4 Å². The lowest BCUT2D eigenvalue weighted by Crippen LogP contribution is -2.17. The Morgan fingerprint density at radius 2 is 2.18 bits per heavy atom. The predicted molar refractivity (Wildman–Crippen MR) is 71.9 cm³/mol. The van der Waals surface area contributed by atoms with E-state index in [4.69, 9.17) is 4.74 Å². The molecule has 0 spiro atoms. The molecule has 17 heavy (non-hydrogen) atoms. The van der Waals surface area contributed by atoms with Crippen molar-refractivity contribution in [1.29, 1.82) is 0 Å². The maximum absolute atomic E-state index is 5.32. The first-order chi connectivity index (χ1) is 8.20. The normalized spacial score (nSPS) is 19.4. The molecule has 0 radical (unpaired) electrons. The molecule has 2 rings (SSSR count). The van der Waals surface area contributed by atoms with E-state index in [1.54, 1.807) is 7.11 Å². The molecule has 1 aliphatic rings. The molecule has 1 heterocycles. The van der Waals surface area contributed by atoms with Gasteiger partial charge in [0.1, 0.15) is 5.75 Å². The van der Waals surface area contributed by atoms with Gasteiger partial charge in [-0.2, -0.15) is 0 Å². The van der Waals surface area contributed by atoms with Crippen molar-refractivity contribution in [2.45, 2.75) is 20.3 Å². The van der Waals surface area contributed by atoms with E-state index in [-0.39, 0.29) is 0 Å².